The first-order chi connectivity index (χ1) is 5.52. The third-order valence-electron chi connectivity index (χ3n) is 1.65. The van der Waals surface area contributed by atoms with Gasteiger partial charge in [-0.1, -0.05) is 0 Å². The summed E-state index contributed by atoms with van der Waals surface area (Å²) >= 11 is 0. The van der Waals surface area contributed by atoms with Crippen LogP contribution in [0.25, 0.3) is 0 Å². The molecule has 12 heavy (non-hydrogen) atoms. The van der Waals surface area contributed by atoms with E-state index < -0.39 is 37.3 Å². The molecule has 0 bridgehead atoms. The molecule has 1 saturated heterocycles. The number of hydrogen-bond acceptors (Lipinski definition) is 2. The maximum Gasteiger partial charge on any atom is 0.407 e. The second kappa shape index (κ2) is 3.04. The molecule has 0 aromatic carbocycles. The van der Waals surface area contributed by atoms with Gasteiger partial charge in [-0.2, -0.15) is 0 Å². The fourth-order valence-corrected chi connectivity index (χ4v) is 0.994. The van der Waals surface area contributed by atoms with Gasteiger partial charge in [0, 0.05) is 0 Å². The first-order valence-corrected chi connectivity index (χ1v) is 3.32. The van der Waals surface area contributed by atoms with Gasteiger partial charge in [0.15, 0.2) is 12.3 Å². The molecule has 1 rings (SSSR count). The third kappa shape index (κ3) is 1.51. The van der Waals surface area contributed by atoms with E-state index in [1.165, 1.54) is 0 Å². The molecule has 1 N–H and O–H groups in total. The van der Waals surface area contributed by atoms with E-state index in [9.17, 15) is 18.4 Å². The quantitative estimate of drug-likeness (QED) is 0.578. The first kappa shape index (κ1) is 8.89. The van der Waals surface area contributed by atoms with Crippen LogP contribution in [0.15, 0.2) is 0 Å². The largest absolute Gasteiger partial charge is 0.465 e. The summed E-state index contributed by atoms with van der Waals surface area (Å²) in [5.41, 5.74) is 0. The van der Waals surface area contributed by atoms with Crippen molar-refractivity contribution in [3.63, 3.8) is 0 Å². The lowest BCUT2D eigenvalue weighted by atomic mass is 10.1. The Hall–Kier alpha value is -1.20. The zero-order valence-electron chi connectivity index (χ0n) is 6.04. The number of piperidine rings is 1. The van der Waals surface area contributed by atoms with Gasteiger partial charge < -0.3 is 10.0 Å². The summed E-state index contributed by atoms with van der Waals surface area (Å²) in [6, 6.07) is 0. The average molecular weight is 179 g/mol. The SMILES string of the molecule is O=C1C(F)CN(C(=O)O)CC1F. The van der Waals surface area contributed by atoms with Crippen molar-refractivity contribution in [1.82, 2.24) is 4.90 Å². The topological polar surface area (TPSA) is 57.6 Å². The molecule has 2 unspecified atom stereocenters. The van der Waals surface area contributed by atoms with Crippen LogP contribution in [0, 0.1) is 0 Å². The van der Waals surface area contributed by atoms with Gasteiger partial charge >= 0.3 is 6.09 Å². The highest BCUT2D eigenvalue weighted by atomic mass is 19.1. The summed E-state index contributed by atoms with van der Waals surface area (Å²) in [5.74, 6) is -1.16. The minimum atomic E-state index is -2.02. The molecule has 68 valence electrons. The molecule has 1 aliphatic heterocycles. The number of nitrogens with zero attached hydrogens (tertiary/aromatic N) is 1. The van der Waals surface area contributed by atoms with Crippen LogP contribution in [0.5, 0.6) is 0 Å². The summed E-state index contributed by atoms with van der Waals surface area (Å²) < 4.78 is 25.1. The summed E-state index contributed by atoms with van der Waals surface area (Å²) in [6.45, 7) is -1.12. The number of alkyl halides is 2. The number of carboxylic acid groups (broad SMARTS) is 1. The van der Waals surface area contributed by atoms with E-state index in [1.807, 2.05) is 0 Å². The van der Waals surface area contributed by atoms with Crippen molar-refractivity contribution in [3.8, 4) is 0 Å². The molecule has 4 nitrogen and oxygen atoms in total. The van der Waals surface area contributed by atoms with Gasteiger partial charge in [-0.25, -0.2) is 13.6 Å². The molecule has 0 radical (unpaired) electrons. The Kier molecular flexibility index (Phi) is 2.25. The van der Waals surface area contributed by atoms with Crippen LogP contribution < -0.4 is 0 Å². The number of carbonyl (C=O) groups excluding carboxylic acids is 1. The maximum atomic E-state index is 12.5. The van der Waals surface area contributed by atoms with Gasteiger partial charge in [0.1, 0.15) is 0 Å². The predicted octanol–water partition coefficient (Wildman–Crippen LogP) is 0.225. The van der Waals surface area contributed by atoms with E-state index >= 15 is 0 Å². The Morgan fingerprint density at radius 2 is 1.83 bits per heavy atom. The van der Waals surface area contributed by atoms with Crippen molar-refractivity contribution in [2.45, 2.75) is 12.3 Å². The number of hydrogen-bond donors (Lipinski definition) is 1. The van der Waals surface area contributed by atoms with Crippen LogP contribution in [-0.4, -0.2) is 47.3 Å². The Balaban J connectivity index is 2.65. The summed E-state index contributed by atoms with van der Waals surface area (Å²) in [4.78, 5) is 21.3. The normalized spacial score (nSPS) is 30.5. The van der Waals surface area contributed by atoms with Crippen molar-refractivity contribution >= 4 is 11.9 Å². The van der Waals surface area contributed by atoms with E-state index in [0.717, 1.165) is 0 Å². The van der Waals surface area contributed by atoms with E-state index in [2.05, 4.69) is 0 Å². The number of ketones is 1. The Bertz CT molecular complexity index is 207. The summed E-state index contributed by atoms with van der Waals surface area (Å²) in [5, 5.41) is 8.34. The number of Topliss-reactive ketones (excluding diaryl/α,β-unsaturated/α-hetero) is 1. The van der Waals surface area contributed by atoms with Gasteiger partial charge in [0.05, 0.1) is 13.1 Å². The highest BCUT2D eigenvalue weighted by Gasteiger charge is 2.37. The van der Waals surface area contributed by atoms with Crippen molar-refractivity contribution in [3.05, 3.63) is 0 Å². The second-order valence-corrected chi connectivity index (χ2v) is 2.52. The Morgan fingerprint density at radius 1 is 1.42 bits per heavy atom. The fourth-order valence-electron chi connectivity index (χ4n) is 0.994. The lowest BCUT2D eigenvalue weighted by Gasteiger charge is -2.27. The van der Waals surface area contributed by atoms with Crippen LogP contribution in [0.2, 0.25) is 0 Å². The van der Waals surface area contributed by atoms with Crippen molar-refractivity contribution in [2.75, 3.05) is 13.1 Å². The average Bonchev–Trinajstić information content (AvgIpc) is 1.99. The van der Waals surface area contributed by atoms with E-state index in [4.69, 9.17) is 5.11 Å². The fraction of sp³-hybridized carbons (Fsp3) is 0.667. The minimum absolute atomic E-state index is 0.552. The van der Waals surface area contributed by atoms with Crippen molar-refractivity contribution in [2.24, 2.45) is 0 Å². The van der Waals surface area contributed by atoms with E-state index in [0.29, 0.717) is 4.90 Å². The molecule has 0 spiro atoms. The number of rotatable bonds is 0. The number of likely N-dealkylation sites (tertiary alicyclic amines) is 1. The van der Waals surface area contributed by atoms with Crippen LogP contribution in [0.1, 0.15) is 0 Å². The smallest absolute Gasteiger partial charge is 0.407 e. The van der Waals surface area contributed by atoms with Gasteiger partial charge in [-0.15, -0.1) is 0 Å². The molecular weight excluding hydrogens is 172 g/mol. The van der Waals surface area contributed by atoms with Crippen molar-refractivity contribution in [1.29, 1.82) is 0 Å². The van der Waals surface area contributed by atoms with Gasteiger partial charge in [0.25, 0.3) is 0 Å². The molecule has 0 aromatic heterocycles. The monoisotopic (exact) mass is 179 g/mol. The number of amides is 1. The number of carbonyl (C=O) groups is 2. The van der Waals surface area contributed by atoms with Gasteiger partial charge in [0.2, 0.25) is 5.78 Å². The van der Waals surface area contributed by atoms with E-state index in [1.54, 1.807) is 0 Å². The zero-order chi connectivity index (χ0) is 9.30. The third-order valence-corrected chi connectivity index (χ3v) is 1.65. The predicted molar refractivity (Wildman–Crippen MR) is 34.4 cm³/mol. The number of halogens is 2. The highest BCUT2D eigenvalue weighted by Crippen LogP contribution is 2.12. The molecule has 0 aliphatic carbocycles. The van der Waals surface area contributed by atoms with Gasteiger partial charge in [-0.05, 0) is 0 Å². The van der Waals surface area contributed by atoms with E-state index in [-0.39, 0.29) is 0 Å². The molecular formula is C6H7F2NO3. The molecule has 1 fully saturated rings. The highest BCUT2D eigenvalue weighted by molar-refractivity contribution is 5.89. The molecule has 0 aromatic rings. The van der Waals surface area contributed by atoms with Crippen LogP contribution >= 0.6 is 0 Å². The summed E-state index contributed by atoms with van der Waals surface area (Å²) in [7, 11) is 0. The minimum Gasteiger partial charge on any atom is -0.465 e. The zero-order valence-corrected chi connectivity index (χ0v) is 6.04. The lowest BCUT2D eigenvalue weighted by Crippen LogP contribution is -2.51. The Labute approximate surface area is 66.8 Å². The first-order valence-electron chi connectivity index (χ1n) is 3.32. The molecule has 1 heterocycles. The summed E-state index contributed by atoms with van der Waals surface area (Å²) in [6.07, 6.45) is -5.46. The lowest BCUT2D eigenvalue weighted by molar-refractivity contribution is -0.132. The molecule has 6 heteroatoms. The van der Waals surface area contributed by atoms with Gasteiger partial charge in [-0.3, -0.25) is 4.79 Å². The van der Waals surface area contributed by atoms with Crippen LogP contribution in [0.4, 0.5) is 13.6 Å². The molecule has 1 aliphatic rings. The Morgan fingerprint density at radius 3 is 2.17 bits per heavy atom. The van der Waals surface area contributed by atoms with Crippen LogP contribution in [-0.2, 0) is 4.79 Å². The standard InChI is InChI=1S/C6H7F2NO3/c7-3-1-9(6(11)12)2-4(8)5(3)10/h3-4H,1-2H2,(H,11,12). The van der Waals surface area contributed by atoms with Crippen molar-refractivity contribution < 1.29 is 23.5 Å². The molecule has 0 saturated carbocycles. The van der Waals surface area contributed by atoms with Crippen LogP contribution in [0.3, 0.4) is 0 Å². The molecule has 1 amide bonds. The second-order valence-electron chi connectivity index (χ2n) is 2.52. The molecule has 2 atom stereocenters. The maximum absolute atomic E-state index is 12.5.